The lowest BCUT2D eigenvalue weighted by Crippen LogP contribution is -2.34. The minimum atomic E-state index is -0.387. The summed E-state index contributed by atoms with van der Waals surface area (Å²) in [4.78, 5) is 25.3. The molecule has 2 atom stereocenters. The predicted molar refractivity (Wildman–Crippen MR) is 85.8 cm³/mol. The van der Waals surface area contributed by atoms with Crippen LogP contribution in [0.15, 0.2) is 0 Å². The Bertz CT molecular complexity index is 523. The lowest BCUT2D eigenvalue weighted by Gasteiger charge is -2.15. The number of anilines is 1. The molecule has 21 heavy (non-hydrogen) atoms. The fourth-order valence-electron chi connectivity index (χ4n) is 1.98. The van der Waals surface area contributed by atoms with Gasteiger partial charge in [0.1, 0.15) is 5.00 Å². The summed E-state index contributed by atoms with van der Waals surface area (Å²) >= 11 is 1.40. The summed E-state index contributed by atoms with van der Waals surface area (Å²) in [5.41, 5.74) is 7.16. The predicted octanol–water partition coefficient (Wildman–Crippen LogP) is 2.72. The van der Waals surface area contributed by atoms with E-state index in [9.17, 15) is 9.59 Å². The molecule has 3 N–H and O–H groups in total. The molecule has 1 rings (SSSR count). The Morgan fingerprint density at radius 2 is 1.95 bits per heavy atom. The van der Waals surface area contributed by atoms with E-state index in [1.54, 1.807) is 20.8 Å². The third kappa shape index (κ3) is 4.04. The fraction of sp³-hybridized carbons (Fsp3) is 0.600. The Hall–Kier alpha value is -1.40. The molecule has 0 saturated carbocycles. The zero-order valence-electron chi connectivity index (χ0n) is 13.3. The van der Waals surface area contributed by atoms with Gasteiger partial charge in [0.2, 0.25) is 5.91 Å². The number of nitrogens with two attached hydrogens (primary N) is 1. The summed E-state index contributed by atoms with van der Waals surface area (Å²) in [7, 11) is 0. The van der Waals surface area contributed by atoms with E-state index in [1.165, 1.54) is 11.3 Å². The van der Waals surface area contributed by atoms with Crippen LogP contribution in [0.5, 0.6) is 0 Å². The number of carbonyl (C=O) groups excluding carboxylic acids is 2. The maximum absolute atomic E-state index is 12.2. The number of esters is 1. The van der Waals surface area contributed by atoms with Gasteiger partial charge in [0.05, 0.1) is 18.1 Å². The molecule has 0 spiro atoms. The minimum absolute atomic E-state index is 0.181. The van der Waals surface area contributed by atoms with E-state index in [0.29, 0.717) is 17.2 Å². The van der Waals surface area contributed by atoms with Gasteiger partial charge in [0, 0.05) is 10.9 Å². The van der Waals surface area contributed by atoms with Crippen molar-refractivity contribution < 1.29 is 14.3 Å². The molecule has 0 aliphatic rings. The Balaban J connectivity index is 3.12. The number of carbonyl (C=O) groups is 2. The standard InChI is InChI=1S/C15H24N2O3S/c1-6-11-10(5)21-14(12(11)15(19)20-7-2)17-13(18)8(3)9(4)16/h8-9H,6-7,16H2,1-5H3,(H,17,18). The molecule has 5 nitrogen and oxygen atoms in total. The van der Waals surface area contributed by atoms with Crippen LogP contribution in [0.1, 0.15) is 48.5 Å². The third-order valence-electron chi connectivity index (χ3n) is 3.48. The van der Waals surface area contributed by atoms with Crippen molar-refractivity contribution in [1.29, 1.82) is 0 Å². The average molecular weight is 312 g/mol. The SMILES string of the molecule is CCOC(=O)c1c(NC(=O)C(C)C(C)N)sc(C)c1CC. The molecule has 0 saturated heterocycles. The van der Waals surface area contributed by atoms with Crippen molar-refractivity contribution in [3.05, 3.63) is 16.0 Å². The van der Waals surface area contributed by atoms with Gasteiger partial charge in [-0.1, -0.05) is 13.8 Å². The number of aryl methyl sites for hydroxylation is 1. The lowest BCUT2D eigenvalue weighted by molar-refractivity contribution is -0.119. The molecule has 118 valence electrons. The quantitative estimate of drug-likeness (QED) is 0.791. The van der Waals surface area contributed by atoms with Gasteiger partial charge in [0.25, 0.3) is 0 Å². The minimum Gasteiger partial charge on any atom is -0.462 e. The molecule has 1 aromatic heterocycles. The van der Waals surface area contributed by atoms with E-state index < -0.39 is 0 Å². The molecule has 0 aliphatic carbocycles. The zero-order chi connectivity index (χ0) is 16.2. The Morgan fingerprint density at radius 1 is 1.33 bits per heavy atom. The Morgan fingerprint density at radius 3 is 2.43 bits per heavy atom. The van der Waals surface area contributed by atoms with Crippen molar-refractivity contribution in [1.82, 2.24) is 0 Å². The summed E-state index contributed by atoms with van der Waals surface area (Å²) in [6.45, 7) is 9.55. The Kier molecular flexibility index (Phi) is 6.36. The first-order valence-corrected chi connectivity index (χ1v) is 8.00. The van der Waals surface area contributed by atoms with Gasteiger partial charge in [-0.25, -0.2) is 4.79 Å². The first kappa shape index (κ1) is 17.7. The molecule has 0 aliphatic heterocycles. The van der Waals surface area contributed by atoms with Crippen LogP contribution in [-0.2, 0) is 16.0 Å². The maximum atomic E-state index is 12.2. The summed E-state index contributed by atoms with van der Waals surface area (Å²) in [5.74, 6) is -0.894. The first-order chi connectivity index (χ1) is 9.83. The molecule has 0 bridgehead atoms. The highest BCUT2D eigenvalue weighted by atomic mass is 32.1. The molecule has 2 unspecified atom stereocenters. The number of hydrogen-bond donors (Lipinski definition) is 2. The summed E-state index contributed by atoms with van der Waals surface area (Å²) in [6, 6.07) is -0.247. The molecule has 0 radical (unpaired) electrons. The largest absolute Gasteiger partial charge is 0.462 e. The molecule has 1 heterocycles. The third-order valence-corrected chi connectivity index (χ3v) is 4.54. The van der Waals surface area contributed by atoms with E-state index >= 15 is 0 Å². The van der Waals surface area contributed by atoms with E-state index in [0.717, 1.165) is 16.9 Å². The monoisotopic (exact) mass is 312 g/mol. The second kappa shape index (κ2) is 7.56. The average Bonchev–Trinajstić information content (AvgIpc) is 2.73. The van der Waals surface area contributed by atoms with Crippen LogP contribution in [0.2, 0.25) is 0 Å². The van der Waals surface area contributed by atoms with Gasteiger partial charge in [0.15, 0.2) is 0 Å². The Labute approximate surface area is 129 Å². The molecule has 1 aromatic rings. The van der Waals surface area contributed by atoms with Crippen molar-refractivity contribution in [2.75, 3.05) is 11.9 Å². The zero-order valence-corrected chi connectivity index (χ0v) is 14.1. The highest BCUT2D eigenvalue weighted by molar-refractivity contribution is 7.16. The van der Waals surface area contributed by atoms with E-state index in [1.807, 2.05) is 13.8 Å². The fourth-order valence-corrected chi connectivity index (χ4v) is 3.11. The molecular formula is C15H24N2O3S. The lowest BCUT2D eigenvalue weighted by atomic mass is 10.0. The number of ether oxygens (including phenoxy) is 1. The summed E-state index contributed by atoms with van der Waals surface area (Å²) < 4.78 is 5.11. The number of rotatable bonds is 6. The van der Waals surface area contributed by atoms with Crippen molar-refractivity contribution >= 4 is 28.2 Å². The molecule has 6 heteroatoms. The van der Waals surface area contributed by atoms with Crippen LogP contribution < -0.4 is 11.1 Å². The highest BCUT2D eigenvalue weighted by Crippen LogP contribution is 2.34. The van der Waals surface area contributed by atoms with Crippen molar-refractivity contribution in [3.63, 3.8) is 0 Å². The normalized spacial score (nSPS) is 13.6. The van der Waals surface area contributed by atoms with Gasteiger partial charge < -0.3 is 15.8 Å². The highest BCUT2D eigenvalue weighted by Gasteiger charge is 2.25. The van der Waals surface area contributed by atoms with Crippen LogP contribution in [0.25, 0.3) is 0 Å². The topological polar surface area (TPSA) is 81.4 Å². The van der Waals surface area contributed by atoms with Crippen molar-refractivity contribution in [2.45, 2.75) is 47.1 Å². The van der Waals surface area contributed by atoms with Gasteiger partial charge in [-0.15, -0.1) is 11.3 Å². The van der Waals surface area contributed by atoms with Crippen LogP contribution in [0.4, 0.5) is 5.00 Å². The van der Waals surface area contributed by atoms with Gasteiger partial charge in [-0.05, 0) is 32.8 Å². The molecule has 0 aromatic carbocycles. The summed E-state index contributed by atoms with van der Waals surface area (Å²) in [5, 5.41) is 3.38. The van der Waals surface area contributed by atoms with E-state index in [2.05, 4.69) is 5.32 Å². The summed E-state index contributed by atoms with van der Waals surface area (Å²) in [6.07, 6.45) is 0.717. The number of amides is 1. The second-order valence-electron chi connectivity index (χ2n) is 5.05. The smallest absolute Gasteiger partial charge is 0.341 e. The van der Waals surface area contributed by atoms with E-state index in [4.69, 9.17) is 10.5 Å². The second-order valence-corrected chi connectivity index (χ2v) is 6.28. The first-order valence-electron chi connectivity index (χ1n) is 7.19. The van der Waals surface area contributed by atoms with Crippen molar-refractivity contribution in [3.8, 4) is 0 Å². The van der Waals surface area contributed by atoms with Gasteiger partial charge >= 0.3 is 5.97 Å². The molecule has 0 fully saturated rings. The van der Waals surface area contributed by atoms with E-state index in [-0.39, 0.29) is 23.8 Å². The van der Waals surface area contributed by atoms with Gasteiger partial charge in [-0.3, -0.25) is 4.79 Å². The molecular weight excluding hydrogens is 288 g/mol. The van der Waals surface area contributed by atoms with Gasteiger partial charge in [-0.2, -0.15) is 0 Å². The number of nitrogens with one attached hydrogen (secondary N) is 1. The maximum Gasteiger partial charge on any atom is 0.341 e. The van der Waals surface area contributed by atoms with Crippen LogP contribution >= 0.6 is 11.3 Å². The van der Waals surface area contributed by atoms with Crippen LogP contribution in [0, 0.1) is 12.8 Å². The van der Waals surface area contributed by atoms with Crippen LogP contribution in [0.3, 0.4) is 0 Å². The molecule has 1 amide bonds. The number of thiophene rings is 1. The van der Waals surface area contributed by atoms with Crippen LogP contribution in [-0.4, -0.2) is 24.5 Å². The number of hydrogen-bond acceptors (Lipinski definition) is 5. The van der Waals surface area contributed by atoms with Crippen molar-refractivity contribution in [2.24, 2.45) is 11.7 Å².